The summed E-state index contributed by atoms with van der Waals surface area (Å²) in [6.45, 7) is 0. The number of carbonyl (C=O) groups excluding carboxylic acids is 2. The van der Waals surface area contributed by atoms with Gasteiger partial charge in [-0.3, -0.25) is 4.79 Å². The SMILES string of the molecule is COc1cc([C@H]2NC(=O)N(C)C3=C2C(=O)CCC3)ccc1O. The average Bonchev–Trinajstić information content (AvgIpc) is 2.51. The van der Waals surface area contributed by atoms with E-state index in [-0.39, 0.29) is 17.6 Å². The van der Waals surface area contributed by atoms with E-state index >= 15 is 0 Å². The topological polar surface area (TPSA) is 78.9 Å². The Hall–Kier alpha value is -2.50. The molecule has 0 spiro atoms. The molecule has 22 heavy (non-hydrogen) atoms. The fraction of sp³-hybridized carbons (Fsp3) is 0.375. The monoisotopic (exact) mass is 302 g/mol. The molecule has 1 aromatic carbocycles. The number of ketones is 1. The van der Waals surface area contributed by atoms with E-state index in [9.17, 15) is 14.7 Å². The zero-order valence-electron chi connectivity index (χ0n) is 12.5. The molecule has 1 aliphatic heterocycles. The summed E-state index contributed by atoms with van der Waals surface area (Å²) in [6.07, 6.45) is 1.98. The number of aromatic hydroxyl groups is 1. The van der Waals surface area contributed by atoms with Crippen molar-refractivity contribution >= 4 is 11.8 Å². The number of carbonyl (C=O) groups is 2. The van der Waals surface area contributed by atoms with Gasteiger partial charge in [0, 0.05) is 24.7 Å². The minimum absolute atomic E-state index is 0.0228. The van der Waals surface area contributed by atoms with Crippen LogP contribution in [-0.2, 0) is 4.79 Å². The van der Waals surface area contributed by atoms with Crippen molar-refractivity contribution in [3.63, 3.8) is 0 Å². The Morgan fingerprint density at radius 1 is 1.32 bits per heavy atom. The number of rotatable bonds is 2. The number of nitrogens with one attached hydrogen (secondary N) is 1. The quantitative estimate of drug-likeness (QED) is 0.877. The van der Waals surface area contributed by atoms with Gasteiger partial charge in [-0.15, -0.1) is 0 Å². The normalized spacial score (nSPS) is 21.5. The zero-order valence-corrected chi connectivity index (χ0v) is 12.5. The number of urea groups is 1. The van der Waals surface area contributed by atoms with Gasteiger partial charge in [0.1, 0.15) is 0 Å². The summed E-state index contributed by atoms with van der Waals surface area (Å²) in [7, 11) is 3.14. The van der Waals surface area contributed by atoms with Gasteiger partial charge in [0.15, 0.2) is 17.3 Å². The number of hydrogen-bond donors (Lipinski definition) is 2. The summed E-state index contributed by atoms with van der Waals surface area (Å²) in [6, 6.07) is 4.12. The highest BCUT2D eigenvalue weighted by Gasteiger charge is 2.37. The lowest BCUT2D eigenvalue weighted by atomic mass is 9.85. The first kappa shape index (κ1) is 14.4. The molecule has 1 heterocycles. The minimum Gasteiger partial charge on any atom is -0.504 e. The van der Waals surface area contributed by atoms with Gasteiger partial charge in [0.2, 0.25) is 0 Å². The molecular weight excluding hydrogens is 284 g/mol. The van der Waals surface area contributed by atoms with E-state index in [1.54, 1.807) is 19.2 Å². The molecule has 0 fully saturated rings. The molecule has 0 saturated carbocycles. The molecule has 6 nitrogen and oxygen atoms in total. The summed E-state index contributed by atoms with van der Waals surface area (Å²) in [5.41, 5.74) is 2.15. The van der Waals surface area contributed by atoms with E-state index in [1.165, 1.54) is 18.1 Å². The highest BCUT2D eigenvalue weighted by atomic mass is 16.5. The van der Waals surface area contributed by atoms with Gasteiger partial charge in [-0.05, 0) is 30.5 Å². The number of ether oxygens (including phenoxy) is 1. The van der Waals surface area contributed by atoms with Crippen LogP contribution < -0.4 is 10.1 Å². The number of methoxy groups -OCH3 is 1. The molecule has 1 aliphatic carbocycles. The third-order valence-corrected chi connectivity index (χ3v) is 4.23. The summed E-state index contributed by atoms with van der Waals surface area (Å²) < 4.78 is 5.11. The molecular formula is C16H18N2O4. The summed E-state index contributed by atoms with van der Waals surface area (Å²) >= 11 is 0. The van der Waals surface area contributed by atoms with Gasteiger partial charge in [0.05, 0.1) is 13.2 Å². The Morgan fingerprint density at radius 2 is 2.09 bits per heavy atom. The Bertz CT molecular complexity index is 681. The third-order valence-electron chi connectivity index (χ3n) is 4.23. The van der Waals surface area contributed by atoms with E-state index in [4.69, 9.17) is 4.74 Å². The average molecular weight is 302 g/mol. The van der Waals surface area contributed by atoms with Crippen molar-refractivity contribution < 1.29 is 19.4 Å². The van der Waals surface area contributed by atoms with Crippen LogP contribution in [0.4, 0.5) is 4.79 Å². The summed E-state index contributed by atoms with van der Waals surface area (Å²) in [4.78, 5) is 26.0. The van der Waals surface area contributed by atoms with Crippen LogP contribution in [0.25, 0.3) is 0 Å². The van der Waals surface area contributed by atoms with Crippen molar-refractivity contribution in [3.05, 3.63) is 35.0 Å². The third kappa shape index (κ3) is 2.20. The molecule has 2 aliphatic rings. The lowest BCUT2D eigenvalue weighted by Gasteiger charge is -2.37. The van der Waals surface area contributed by atoms with Crippen LogP contribution in [0.3, 0.4) is 0 Å². The molecule has 2 N–H and O–H groups in total. The number of allylic oxidation sites excluding steroid dienone is 1. The van der Waals surface area contributed by atoms with Crippen LogP contribution in [0.5, 0.6) is 11.5 Å². The molecule has 1 atom stereocenters. The standard InChI is InChI=1S/C16H18N2O4/c1-18-10-4-3-5-12(20)14(10)15(17-16(18)21)9-6-7-11(19)13(8-9)22-2/h6-8,15,19H,3-5H2,1-2H3,(H,17,21)/t15-/m1/s1. The lowest BCUT2D eigenvalue weighted by Crippen LogP contribution is -2.47. The van der Waals surface area contributed by atoms with Crippen LogP contribution in [0.2, 0.25) is 0 Å². The number of amides is 2. The van der Waals surface area contributed by atoms with Crippen molar-refractivity contribution in [1.29, 1.82) is 0 Å². The van der Waals surface area contributed by atoms with Crippen molar-refractivity contribution in [2.75, 3.05) is 14.2 Å². The van der Waals surface area contributed by atoms with Crippen molar-refractivity contribution in [2.45, 2.75) is 25.3 Å². The van der Waals surface area contributed by atoms with Gasteiger partial charge in [-0.25, -0.2) is 4.79 Å². The fourth-order valence-corrected chi connectivity index (χ4v) is 3.06. The molecule has 0 aromatic heterocycles. The van der Waals surface area contributed by atoms with Gasteiger partial charge in [-0.2, -0.15) is 0 Å². The first-order chi connectivity index (χ1) is 10.5. The molecule has 0 saturated heterocycles. The molecule has 0 unspecified atom stereocenters. The lowest BCUT2D eigenvalue weighted by molar-refractivity contribution is -0.116. The number of hydrogen-bond acceptors (Lipinski definition) is 4. The maximum atomic E-state index is 12.4. The molecule has 116 valence electrons. The number of Topliss-reactive ketones (excluding diaryl/α,β-unsaturated/α-hetero) is 1. The summed E-state index contributed by atoms with van der Waals surface area (Å²) in [5.74, 6) is 0.399. The fourth-order valence-electron chi connectivity index (χ4n) is 3.06. The molecule has 0 bridgehead atoms. The maximum absolute atomic E-state index is 12.4. The number of nitrogens with zero attached hydrogens (tertiary/aromatic N) is 1. The zero-order chi connectivity index (χ0) is 15.9. The van der Waals surface area contributed by atoms with Crippen LogP contribution in [0, 0.1) is 0 Å². The predicted molar refractivity (Wildman–Crippen MR) is 79.6 cm³/mol. The van der Waals surface area contributed by atoms with E-state index in [0.29, 0.717) is 17.7 Å². The molecule has 3 rings (SSSR count). The Kier molecular flexibility index (Phi) is 3.52. The van der Waals surface area contributed by atoms with Crippen molar-refractivity contribution in [3.8, 4) is 11.5 Å². The Labute approximate surface area is 128 Å². The maximum Gasteiger partial charge on any atom is 0.322 e. The highest BCUT2D eigenvalue weighted by Crippen LogP contribution is 2.38. The van der Waals surface area contributed by atoms with Gasteiger partial charge < -0.3 is 20.1 Å². The second kappa shape index (κ2) is 5.36. The first-order valence-electron chi connectivity index (χ1n) is 7.20. The number of benzene rings is 1. The van der Waals surface area contributed by atoms with Gasteiger partial charge in [-0.1, -0.05) is 6.07 Å². The smallest absolute Gasteiger partial charge is 0.322 e. The van der Waals surface area contributed by atoms with E-state index in [2.05, 4.69) is 5.32 Å². The highest BCUT2D eigenvalue weighted by molar-refractivity contribution is 6.00. The van der Waals surface area contributed by atoms with Crippen molar-refractivity contribution in [2.24, 2.45) is 0 Å². The molecule has 2 amide bonds. The Balaban J connectivity index is 2.11. The second-order valence-electron chi connectivity index (χ2n) is 5.51. The predicted octanol–water partition coefficient (Wildman–Crippen LogP) is 2.10. The second-order valence-corrected chi connectivity index (χ2v) is 5.51. The van der Waals surface area contributed by atoms with E-state index in [0.717, 1.165) is 24.1 Å². The van der Waals surface area contributed by atoms with E-state index < -0.39 is 6.04 Å². The van der Waals surface area contributed by atoms with Crippen molar-refractivity contribution in [1.82, 2.24) is 10.2 Å². The van der Waals surface area contributed by atoms with Crippen LogP contribution in [0.15, 0.2) is 29.5 Å². The summed E-state index contributed by atoms with van der Waals surface area (Å²) in [5, 5.41) is 12.6. The van der Waals surface area contributed by atoms with Gasteiger partial charge >= 0.3 is 6.03 Å². The van der Waals surface area contributed by atoms with Crippen LogP contribution in [0.1, 0.15) is 30.9 Å². The molecule has 1 aromatic rings. The largest absolute Gasteiger partial charge is 0.504 e. The molecule has 0 radical (unpaired) electrons. The van der Waals surface area contributed by atoms with Gasteiger partial charge in [0.25, 0.3) is 0 Å². The Morgan fingerprint density at radius 3 is 2.82 bits per heavy atom. The van der Waals surface area contributed by atoms with Crippen LogP contribution >= 0.6 is 0 Å². The van der Waals surface area contributed by atoms with Crippen LogP contribution in [-0.4, -0.2) is 36.0 Å². The van der Waals surface area contributed by atoms with E-state index in [1.807, 2.05) is 0 Å². The molecule has 6 heteroatoms. The number of phenols is 1. The minimum atomic E-state index is -0.499. The first-order valence-corrected chi connectivity index (χ1v) is 7.20. The number of phenolic OH excluding ortho intramolecular Hbond substituents is 1.